The molecule has 0 unspecified atom stereocenters. The highest BCUT2D eigenvalue weighted by molar-refractivity contribution is 7.98. The summed E-state index contributed by atoms with van der Waals surface area (Å²) in [5.41, 5.74) is 0.132. The molecule has 2 aliphatic carbocycles. The van der Waals surface area contributed by atoms with Gasteiger partial charge in [-0.1, -0.05) is 18.2 Å². The molecule has 0 saturated heterocycles. The smallest absolute Gasteiger partial charge is 0.346 e. The molecule has 2 saturated carbocycles. The van der Waals surface area contributed by atoms with Gasteiger partial charge in [0.25, 0.3) is 5.56 Å². The Kier molecular flexibility index (Phi) is 5.56. The number of aromatic carboxylic acids is 1. The minimum absolute atomic E-state index is 0.144. The van der Waals surface area contributed by atoms with E-state index in [1.807, 2.05) is 12.1 Å². The molecule has 6 rings (SSSR count). The van der Waals surface area contributed by atoms with Gasteiger partial charge in [-0.3, -0.25) is 9.36 Å². The van der Waals surface area contributed by atoms with Crippen LogP contribution in [0.25, 0.3) is 21.8 Å². The third-order valence-corrected chi connectivity index (χ3v) is 9.74. The van der Waals surface area contributed by atoms with Crippen molar-refractivity contribution in [1.82, 2.24) is 24.7 Å². The predicted molar refractivity (Wildman–Crippen MR) is 133 cm³/mol. The van der Waals surface area contributed by atoms with E-state index >= 15 is 0 Å². The molecule has 0 aromatic carbocycles. The first-order valence-electron chi connectivity index (χ1n) is 11.8. The number of H-pyrrole nitrogens is 1. The number of fused-ring (bicyclic) bond motifs is 3. The van der Waals surface area contributed by atoms with Crippen molar-refractivity contribution < 1.29 is 14.3 Å². The molecule has 0 amide bonds. The minimum atomic E-state index is -1.05. The van der Waals surface area contributed by atoms with E-state index in [1.54, 1.807) is 13.2 Å². The third-order valence-electron chi connectivity index (χ3n) is 7.61. The third kappa shape index (κ3) is 3.81. The average molecular weight is 512 g/mol. The lowest BCUT2D eigenvalue weighted by atomic mass is 9.84. The van der Waals surface area contributed by atoms with Gasteiger partial charge in [0.1, 0.15) is 15.5 Å². The quantitative estimate of drug-likeness (QED) is 0.327. The van der Waals surface area contributed by atoms with Crippen molar-refractivity contribution in [2.75, 3.05) is 0 Å². The lowest BCUT2D eigenvalue weighted by Crippen LogP contribution is -2.23. The first kappa shape index (κ1) is 22.5. The van der Waals surface area contributed by atoms with E-state index in [-0.39, 0.29) is 16.5 Å². The highest BCUT2D eigenvalue weighted by Gasteiger charge is 2.43. The highest BCUT2D eigenvalue weighted by atomic mass is 32.2. The average Bonchev–Trinajstić information content (AvgIpc) is 3.65. The summed E-state index contributed by atoms with van der Waals surface area (Å²) in [5, 5.41) is 19.5. The largest absolute Gasteiger partial charge is 0.477 e. The van der Waals surface area contributed by atoms with Crippen molar-refractivity contribution >= 4 is 39.3 Å². The van der Waals surface area contributed by atoms with Gasteiger partial charge in [-0.05, 0) is 68.6 Å². The van der Waals surface area contributed by atoms with Crippen molar-refractivity contribution in [2.24, 2.45) is 17.8 Å². The number of aryl methyl sites for hydroxylation is 1. The molecule has 0 radical (unpaired) electrons. The topological polar surface area (TPSA) is 127 Å². The summed E-state index contributed by atoms with van der Waals surface area (Å²) in [5.74, 6) is 3.36. The molecular formula is C24H25N5O4S2. The zero-order valence-corrected chi connectivity index (χ0v) is 21.0. The second kappa shape index (κ2) is 8.63. The normalized spacial score (nSPS) is 22.3. The number of aromatic nitrogens is 5. The Morgan fingerprint density at radius 2 is 2.23 bits per heavy atom. The molecule has 4 atom stereocenters. The van der Waals surface area contributed by atoms with Gasteiger partial charge in [-0.2, -0.15) is 0 Å². The molecule has 2 fully saturated rings. The SMILES string of the molecule is Cc1c(C(=O)O)sc2nc(CSc3nnc(-c4ccco4)n3[C@@H](C)[C@@H]3C[C@@H]4CC[C@@H]3C4)[nH]c(=O)c12. The molecule has 182 valence electrons. The number of carboxylic acids is 1. The molecule has 35 heavy (non-hydrogen) atoms. The van der Waals surface area contributed by atoms with Crippen LogP contribution in [0.5, 0.6) is 0 Å². The Morgan fingerprint density at radius 1 is 1.37 bits per heavy atom. The van der Waals surface area contributed by atoms with Crippen LogP contribution in [0.1, 0.15) is 59.7 Å². The number of hydrogen-bond donors (Lipinski definition) is 2. The number of nitrogens with one attached hydrogen (secondary N) is 1. The van der Waals surface area contributed by atoms with Crippen LogP contribution in [-0.4, -0.2) is 35.8 Å². The number of carboxylic acid groups (broad SMARTS) is 1. The molecule has 2 bridgehead atoms. The Labute approximate surface area is 209 Å². The predicted octanol–water partition coefficient (Wildman–Crippen LogP) is 5.13. The van der Waals surface area contributed by atoms with Crippen LogP contribution in [0.15, 0.2) is 32.8 Å². The van der Waals surface area contributed by atoms with Gasteiger partial charge in [0.15, 0.2) is 10.9 Å². The molecule has 4 aromatic rings. The van der Waals surface area contributed by atoms with Crippen LogP contribution in [0.3, 0.4) is 0 Å². The van der Waals surface area contributed by atoms with Gasteiger partial charge in [-0.15, -0.1) is 21.5 Å². The van der Waals surface area contributed by atoms with E-state index in [9.17, 15) is 14.7 Å². The number of aromatic amines is 1. The molecule has 2 N–H and O–H groups in total. The van der Waals surface area contributed by atoms with Crippen LogP contribution in [0.2, 0.25) is 0 Å². The van der Waals surface area contributed by atoms with E-state index in [0.29, 0.717) is 44.9 Å². The summed E-state index contributed by atoms with van der Waals surface area (Å²) >= 11 is 2.49. The molecule has 0 aliphatic heterocycles. The second-order valence-corrected chi connectivity index (χ2v) is 11.5. The molecular weight excluding hydrogens is 486 g/mol. The van der Waals surface area contributed by atoms with Crippen LogP contribution >= 0.6 is 23.1 Å². The van der Waals surface area contributed by atoms with E-state index in [4.69, 9.17) is 4.42 Å². The Bertz CT molecular complexity index is 1470. The first-order chi connectivity index (χ1) is 16.9. The van der Waals surface area contributed by atoms with Crippen LogP contribution in [0, 0.1) is 24.7 Å². The maximum atomic E-state index is 12.7. The summed E-state index contributed by atoms with van der Waals surface area (Å²) in [6.45, 7) is 3.89. The van der Waals surface area contributed by atoms with E-state index in [0.717, 1.165) is 28.3 Å². The van der Waals surface area contributed by atoms with Crippen LogP contribution in [-0.2, 0) is 5.75 Å². The Morgan fingerprint density at radius 3 is 2.91 bits per heavy atom. The zero-order chi connectivity index (χ0) is 24.3. The number of thioether (sulfide) groups is 1. The lowest BCUT2D eigenvalue weighted by Gasteiger charge is -2.30. The molecule has 2 aliphatic rings. The number of nitrogens with zero attached hydrogens (tertiary/aromatic N) is 4. The fourth-order valence-corrected chi connectivity index (χ4v) is 7.92. The zero-order valence-electron chi connectivity index (χ0n) is 19.4. The summed E-state index contributed by atoms with van der Waals surface area (Å²) in [7, 11) is 0. The van der Waals surface area contributed by atoms with Crippen molar-refractivity contribution in [2.45, 2.75) is 56.5 Å². The number of hydrogen-bond acceptors (Lipinski definition) is 8. The summed E-state index contributed by atoms with van der Waals surface area (Å²) in [6, 6.07) is 3.96. The number of carbonyl (C=O) groups is 1. The molecule has 0 spiro atoms. The van der Waals surface area contributed by atoms with Gasteiger partial charge >= 0.3 is 5.97 Å². The lowest BCUT2D eigenvalue weighted by molar-refractivity contribution is 0.0701. The van der Waals surface area contributed by atoms with Gasteiger partial charge in [0, 0.05) is 6.04 Å². The summed E-state index contributed by atoms with van der Waals surface area (Å²) in [6.07, 6.45) is 6.84. The number of rotatable bonds is 7. The van der Waals surface area contributed by atoms with Crippen molar-refractivity contribution in [3.8, 4) is 11.6 Å². The molecule has 9 nitrogen and oxygen atoms in total. The molecule has 11 heteroatoms. The Balaban J connectivity index is 1.32. The maximum Gasteiger partial charge on any atom is 0.346 e. The maximum absolute atomic E-state index is 12.7. The summed E-state index contributed by atoms with van der Waals surface area (Å²) in [4.78, 5) is 32.2. The van der Waals surface area contributed by atoms with Gasteiger partial charge < -0.3 is 14.5 Å². The molecule has 4 aromatic heterocycles. The fraction of sp³-hybridized carbons (Fsp3) is 0.458. The standard InChI is InChI=1S/C24H25N5O4S2/c1-11-18-21(30)25-17(26-22(18)35-19(11)23(31)32)10-34-24-28-27-20(16-4-3-7-33-16)29(24)12(2)15-9-13-5-6-14(15)8-13/h3-4,7,12-15H,5-6,8-10H2,1-2H3,(H,31,32)(H,25,26,30)/t12-,13+,14+,15-/m0/s1. The van der Waals surface area contributed by atoms with Gasteiger partial charge in [-0.25, -0.2) is 9.78 Å². The van der Waals surface area contributed by atoms with E-state index < -0.39 is 5.97 Å². The van der Waals surface area contributed by atoms with Crippen molar-refractivity contribution in [3.63, 3.8) is 0 Å². The fourth-order valence-electron chi connectivity index (χ4n) is 5.99. The van der Waals surface area contributed by atoms with Crippen molar-refractivity contribution in [3.05, 3.63) is 45.0 Å². The first-order valence-corrected chi connectivity index (χ1v) is 13.6. The Hall–Kier alpha value is -2.92. The summed E-state index contributed by atoms with van der Waals surface area (Å²) < 4.78 is 7.85. The molecule has 4 heterocycles. The minimum Gasteiger partial charge on any atom is -0.477 e. The highest BCUT2D eigenvalue weighted by Crippen LogP contribution is 2.53. The second-order valence-electron chi connectivity index (χ2n) is 9.58. The van der Waals surface area contributed by atoms with Gasteiger partial charge in [0.2, 0.25) is 5.82 Å². The number of furan rings is 1. The van der Waals surface area contributed by atoms with E-state index in [2.05, 4.69) is 31.7 Å². The van der Waals surface area contributed by atoms with Gasteiger partial charge in [0.05, 0.1) is 17.4 Å². The monoisotopic (exact) mass is 511 g/mol. The van der Waals surface area contributed by atoms with Crippen molar-refractivity contribution in [1.29, 1.82) is 0 Å². The number of thiophene rings is 1. The van der Waals surface area contributed by atoms with E-state index in [1.165, 1.54) is 37.4 Å². The van der Waals surface area contributed by atoms with Crippen LogP contribution in [0.4, 0.5) is 0 Å². The van der Waals surface area contributed by atoms with Crippen LogP contribution < -0.4 is 5.56 Å².